The van der Waals surface area contributed by atoms with Gasteiger partial charge in [0.15, 0.2) is 0 Å². The van der Waals surface area contributed by atoms with Gasteiger partial charge in [-0.25, -0.2) is 0 Å². The molecule has 2 rings (SSSR count). The molecule has 21 heavy (non-hydrogen) atoms. The second kappa shape index (κ2) is 8.22. The van der Waals surface area contributed by atoms with Gasteiger partial charge in [0.1, 0.15) is 12.4 Å². The van der Waals surface area contributed by atoms with Crippen molar-refractivity contribution < 1.29 is 14.6 Å². The molecule has 6 heteroatoms. The number of nitrogens with one attached hydrogen (secondary N) is 2. The number of halogens is 1. The van der Waals surface area contributed by atoms with E-state index >= 15 is 0 Å². The zero-order valence-corrected chi connectivity index (χ0v) is 13.2. The van der Waals surface area contributed by atoms with E-state index in [0.29, 0.717) is 19.6 Å². The third kappa shape index (κ3) is 5.53. The van der Waals surface area contributed by atoms with Crippen molar-refractivity contribution in [3.63, 3.8) is 0 Å². The number of hydrogen-bond donors (Lipinski definition) is 3. The first-order valence-electron chi connectivity index (χ1n) is 6.96. The first-order chi connectivity index (χ1) is 9.54. The first kappa shape index (κ1) is 17.8. The van der Waals surface area contributed by atoms with Crippen LogP contribution >= 0.6 is 12.4 Å². The molecule has 0 aromatic heterocycles. The van der Waals surface area contributed by atoms with Crippen LogP contribution in [0, 0.1) is 6.92 Å². The number of β-amino-alcohol motifs (C(OH)–C–C–N with tert-alkyl or cyclic N) is 1. The van der Waals surface area contributed by atoms with Crippen LogP contribution in [0.5, 0.6) is 5.75 Å². The fraction of sp³-hybridized carbons (Fsp3) is 0.533. The van der Waals surface area contributed by atoms with Crippen LogP contribution in [0.1, 0.15) is 18.9 Å². The minimum atomic E-state index is -0.426. The highest BCUT2D eigenvalue weighted by Crippen LogP contribution is 2.12. The summed E-state index contributed by atoms with van der Waals surface area (Å²) in [5.74, 6) is 0.724. The molecule has 1 amide bonds. The molecule has 3 unspecified atom stereocenters. The minimum Gasteiger partial charge on any atom is -0.491 e. The molecule has 1 aromatic carbocycles. The van der Waals surface area contributed by atoms with E-state index < -0.39 is 6.10 Å². The lowest BCUT2D eigenvalue weighted by Gasteiger charge is -2.18. The highest BCUT2D eigenvalue weighted by molar-refractivity contribution is 5.85. The molecule has 5 nitrogen and oxygen atoms in total. The van der Waals surface area contributed by atoms with E-state index in [4.69, 9.17) is 4.74 Å². The molecule has 1 aliphatic rings. The van der Waals surface area contributed by atoms with E-state index in [1.807, 2.05) is 38.1 Å². The van der Waals surface area contributed by atoms with Gasteiger partial charge >= 0.3 is 0 Å². The molecular formula is C15H23ClN2O3. The van der Waals surface area contributed by atoms with Gasteiger partial charge in [-0.3, -0.25) is 4.79 Å². The van der Waals surface area contributed by atoms with Crippen molar-refractivity contribution in [1.29, 1.82) is 0 Å². The number of aliphatic hydroxyl groups is 1. The molecule has 0 bridgehead atoms. The Kier molecular flexibility index (Phi) is 6.95. The van der Waals surface area contributed by atoms with E-state index in [9.17, 15) is 9.90 Å². The number of carbonyl (C=O) groups is 1. The van der Waals surface area contributed by atoms with Gasteiger partial charge in [-0.05, 0) is 38.0 Å². The summed E-state index contributed by atoms with van der Waals surface area (Å²) in [7, 11) is 0. The Morgan fingerprint density at radius 2 is 2.33 bits per heavy atom. The number of aliphatic hydroxyl groups excluding tert-OH is 1. The Hall–Kier alpha value is -1.30. The normalized spacial score (nSPS) is 22.2. The molecule has 0 aliphatic carbocycles. The quantitative estimate of drug-likeness (QED) is 0.759. The standard InChI is InChI=1S/C15H22N2O3.ClH/c1-10-4-3-5-13(6-10)20-9-11(2)17-15(19)14-7-12(18)8-16-14;/h3-6,11-12,14,16,18H,7-9H2,1-2H3,(H,17,19);1H. The van der Waals surface area contributed by atoms with Crippen LogP contribution < -0.4 is 15.4 Å². The van der Waals surface area contributed by atoms with Gasteiger partial charge in [-0.15, -0.1) is 12.4 Å². The SMILES string of the molecule is Cc1cccc(OCC(C)NC(=O)C2CC(O)CN2)c1.Cl. The zero-order valence-electron chi connectivity index (χ0n) is 12.3. The maximum Gasteiger partial charge on any atom is 0.237 e. The van der Waals surface area contributed by atoms with E-state index in [1.165, 1.54) is 0 Å². The maximum atomic E-state index is 11.9. The van der Waals surface area contributed by atoms with Gasteiger partial charge in [0.25, 0.3) is 0 Å². The van der Waals surface area contributed by atoms with Crippen molar-refractivity contribution in [2.24, 2.45) is 0 Å². The molecule has 1 aliphatic heterocycles. The number of hydrogen-bond acceptors (Lipinski definition) is 4. The second-order valence-corrected chi connectivity index (χ2v) is 5.39. The van der Waals surface area contributed by atoms with Gasteiger partial charge in [0.05, 0.1) is 18.2 Å². The lowest BCUT2D eigenvalue weighted by atomic mass is 10.2. The van der Waals surface area contributed by atoms with Gasteiger partial charge in [0.2, 0.25) is 5.91 Å². The van der Waals surface area contributed by atoms with E-state index in [-0.39, 0.29) is 30.4 Å². The molecule has 1 aromatic rings. The topological polar surface area (TPSA) is 70.6 Å². The Balaban J connectivity index is 0.00000220. The third-order valence-corrected chi connectivity index (χ3v) is 3.30. The van der Waals surface area contributed by atoms with Gasteiger partial charge in [-0.2, -0.15) is 0 Å². The van der Waals surface area contributed by atoms with Crippen molar-refractivity contribution in [3.05, 3.63) is 29.8 Å². The van der Waals surface area contributed by atoms with Crippen LogP contribution in [0.25, 0.3) is 0 Å². The number of carbonyl (C=O) groups excluding carboxylic acids is 1. The summed E-state index contributed by atoms with van der Waals surface area (Å²) in [5, 5.41) is 15.3. The molecule has 1 saturated heterocycles. The summed E-state index contributed by atoms with van der Waals surface area (Å²) in [6.07, 6.45) is 0.0432. The third-order valence-electron chi connectivity index (χ3n) is 3.30. The number of aryl methyl sites for hydroxylation is 1. The van der Waals surface area contributed by atoms with Crippen molar-refractivity contribution in [2.75, 3.05) is 13.2 Å². The Morgan fingerprint density at radius 1 is 1.57 bits per heavy atom. The lowest BCUT2D eigenvalue weighted by Crippen LogP contribution is -2.46. The number of benzene rings is 1. The van der Waals surface area contributed by atoms with Gasteiger partial charge in [0, 0.05) is 6.54 Å². The van der Waals surface area contributed by atoms with Crippen LogP contribution in [0.2, 0.25) is 0 Å². The van der Waals surface area contributed by atoms with Crippen LogP contribution in [-0.4, -0.2) is 42.4 Å². The predicted molar refractivity (Wildman–Crippen MR) is 83.9 cm³/mol. The second-order valence-electron chi connectivity index (χ2n) is 5.39. The van der Waals surface area contributed by atoms with E-state index in [1.54, 1.807) is 0 Å². The Bertz CT molecular complexity index is 470. The summed E-state index contributed by atoms with van der Waals surface area (Å²) in [5.41, 5.74) is 1.14. The number of rotatable bonds is 5. The lowest BCUT2D eigenvalue weighted by molar-refractivity contribution is -0.123. The summed E-state index contributed by atoms with van der Waals surface area (Å²) in [6.45, 7) is 4.81. The summed E-state index contributed by atoms with van der Waals surface area (Å²) in [4.78, 5) is 11.9. The number of amides is 1. The van der Waals surface area contributed by atoms with Crippen molar-refractivity contribution >= 4 is 18.3 Å². The van der Waals surface area contributed by atoms with Crippen LogP contribution in [0.3, 0.4) is 0 Å². The molecule has 1 fully saturated rings. The Morgan fingerprint density at radius 3 is 2.95 bits per heavy atom. The van der Waals surface area contributed by atoms with Gasteiger partial charge < -0.3 is 20.5 Å². The monoisotopic (exact) mass is 314 g/mol. The van der Waals surface area contributed by atoms with E-state index in [0.717, 1.165) is 11.3 Å². The first-order valence-corrected chi connectivity index (χ1v) is 6.96. The predicted octanol–water partition coefficient (Wildman–Crippen LogP) is 1.02. The molecule has 3 atom stereocenters. The smallest absolute Gasteiger partial charge is 0.237 e. The largest absolute Gasteiger partial charge is 0.491 e. The maximum absolute atomic E-state index is 11.9. The van der Waals surface area contributed by atoms with Crippen molar-refractivity contribution in [2.45, 2.75) is 38.5 Å². The summed E-state index contributed by atoms with van der Waals surface area (Å²) in [6, 6.07) is 7.43. The van der Waals surface area contributed by atoms with Crippen LogP contribution in [-0.2, 0) is 4.79 Å². The summed E-state index contributed by atoms with van der Waals surface area (Å²) < 4.78 is 5.65. The summed E-state index contributed by atoms with van der Waals surface area (Å²) >= 11 is 0. The van der Waals surface area contributed by atoms with E-state index in [2.05, 4.69) is 10.6 Å². The number of ether oxygens (including phenoxy) is 1. The van der Waals surface area contributed by atoms with Crippen molar-refractivity contribution in [1.82, 2.24) is 10.6 Å². The molecular weight excluding hydrogens is 292 g/mol. The van der Waals surface area contributed by atoms with Crippen molar-refractivity contribution in [3.8, 4) is 5.75 Å². The van der Waals surface area contributed by atoms with Crippen LogP contribution in [0.15, 0.2) is 24.3 Å². The molecule has 0 spiro atoms. The molecule has 3 N–H and O–H groups in total. The average molecular weight is 315 g/mol. The molecule has 1 heterocycles. The minimum absolute atomic E-state index is 0. The molecule has 118 valence electrons. The average Bonchev–Trinajstić information content (AvgIpc) is 2.83. The highest BCUT2D eigenvalue weighted by atomic mass is 35.5. The molecule has 0 radical (unpaired) electrons. The fourth-order valence-corrected chi connectivity index (χ4v) is 2.23. The molecule has 0 saturated carbocycles. The van der Waals surface area contributed by atoms with Gasteiger partial charge in [-0.1, -0.05) is 12.1 Å². The Labute approximate surface area is 131 Å². The van der Waals surface area contributed by atoms with Crippen LogP contribution in [0.4, 0.5) is 0 Å². The highest BCUT2D eigenvalue weighted by Gasteiger charge is 2.28. The fourth-order valence-electron chi connectivity index (χ4n) is 2.23. The zero-order chi connectivity index (χ0) is 14.5.